The molecule has 1 aliphatic heterocycles. The number of nitrogens with one attached hydrogen (secondary N) is 2. The number of ether oxygens (including phenoxy) is 1. The Morgan fingerprint density at radius 3 is 2.27 bits per heavy atom. The third-order valence-corrected chi connectivity index (χ3v) is 4.65. The van der Waals surface area contributed by atoms with Gasteiger partial charge in [0.1, 0.15) is 0 Å². The van der Waals surface area contributed by atoms with Gasteiger partial charge < -0.3 is 15.4 Å². The average molecular weight is 352 g/mol. The lowest BCUT2D eigenvalue weighted by molar-refractivity contribution is -0.119. The lowest BCUT2D eigenvalue weighted by Crippen LogP contribution is -2.29. The molecule has 26 heavy (non-hydrogen) atoms. The molecule has 1 saturated heterocycles. The van der Waals surface area contributed by atoms with Crippen LogP contribution in [0.25, 0.3) is 11.1 Å². The number of likely N-dealkylation sites (N-methyl/N-ethyl adjacent to an activating group) is 1. The molecule has 0 saturated carbocycles. The quantitative estimate of drug-likeness (QED) is 0.839. The van der Waals surface area contributed by atoms with Gasteiger partial charge in [-0.1, -0.05) is 36.4 Å². The molecule has 0 radical (unpaired) electrons. The maximum atomic E-state index is 12.2. The molecule has 2 aromatic carbocycles. The monoisotopic (exact) mass is 352 g/mol. The minimum Gasteiger partial charge on any atom is -0.381 e. The molecule has 1 atom stereocenters. The highest BCUT2D eigenvalue weighted by molar-refractivity contribution is 5.94. The molecule has 2 amide bonds. The summed E-state index contributed by atoms with van der Waals surface area (Å²) in [4.78, 5) is 23.7. The van der Waals surface area contributed by atoms with Crippen molar-refractivity contribution in [3.05, 3.63) is 59.7 Å². The summed E-state index contributed by atoms with van der Waals surface area (Å²) in [5, 5.41) is 5.60. The van der Waals surface area contributed by atoms with E-state index in [1.54, 1.807) is 7.05 Å². The van der Waals surface area contributed by atoms with Gasteiger partial charge in [-0.3, -0.25) is 9.59 Å². The smallest absolute Gasteiger partial charge is 0.251 e. The fraction of sp³-hybridized carbons (Fsp3) is 0.333. The number of benzene rings is 2. The zero-order valence-corrected chi connectivity index (χ0v) is 15.0. The van der Waals surface area contributed by atoms with Crippen molar-refractivity contribution in [3.63, 3.8) is 0 Å². The van der Waals surface area contributed by atoms with Crippen LogP contribution in [0.3, 0.4) is 0 Å². The maximum absolute atomic E-state index is 12.2. The van der Waals surface area contributed by atoms with Gasteiger partial charge in [0.25, 0.3) is 5.91 Å². The first kappa shape index (κ1) is 18.1. The van der Waals surface area contributed by atoms with Crippen molar-refractivity contribution in [2.75, 3.05) is 26.8 Å². The Balaban J connectivity index is 1.59. The second-order valence-corrected chi connectivity index (χ2v) is 6.56. The van der Waals surface area contributed by atoms with Crippen molar-refractivity contribution >= 4 is 11.8 Å². The second-order valence-electron chi connectivity index (χ2n) is 6.56. The topological polar surface area (TPSA) is 67.4 Å². The SMILES string of the molecule is CNC(=O)Cc1ccc(-c2ccc(C(=O)NC[C@@H]3CCOC3)cc2)cc1. The van der Waals surface area contributed by atoms with Gasteiger partial charge in [-0.05, 0) is 35.2 Å². The first-order chi connectivity index (χ1) is 12.7. The fourth-order valence-electron chi connectivity index (χ4n) is 2.99. The van der Waals surface area contributed by atoms with E-state index >= 15 is 0 Å². The van der Waals surface area contributed by atoms with Crippen molar-refractivity contribution in [2.45, 2.75) is 12.8 Å². The van der Waals surface area contributed by atoms with E-state index in [4.69, 9.17) is 4.74 Å². The largest absolute Gasteiger partial charge is 0.381 e. The number of rotatable bonds is 6. The van der Waals surface area contributed by atoms with Gasteiger partial charge in [-0.2, -0.15) is 0 Å². The minimum atomic E-state index is -0.0515. The highest BCUT2D eigenvalue weighted by Gasteiger charge is 2.16. The summed E-state index contributed by atoms with van der Waals surface area (Å²) in [6, 6.07) is 15.5. The Morgan fingerprint density at radius 1 is 1.04 bits per heavy atom. The van der Waals surface area contributed by atoms with E-state index in [0.29, 0.717) is 24.4 Å². The number of carbonyl (C=O) groups is 2. The summed E-state index contributed by atoms with van der Waals surface area (Å²) < 4.78 is 5.32. The molecule has 0 unspecified atom stereocenters. The van der Waals surface area contributed by atoms with Crippen LogP contribution in [0, 0.1) is 5.92 Å². The van der Waals surface area contributed by atoms with Crippen molar-refractivity contribution in [1.29, 1.82) is 0 Å². The molecule has 3 rings (SSSR count). The third-order valence-electron chi connectivity index (χ3n) is 4.65. The summed E-state index contributed by atoms with van der Waals surface area (Å²) in [5.41, 5.74) is 3.72. The molecule has 5 nitrogen and oxygen atoms in total. The highest BCUT2D eigenvalue weighted by atomic mass is 16.5. The highest BCUT2D eigenvalue weighted by Crippen LogP contribution is 2.21. The van der Waals surface area contributed by atoms with E-state index in [2.05, 4.69) is 10.6 Å². The van der Waals surface area contributed by atoms with Gasteiger partial charge in [-0.25, -0.2) is 0 Å². The van der Waals surface area contributed by atoms with E-state index in [-0.39, 0.29) is 11.8 Å². The van der Waals surface area contributed by atoms with Crippen LogP contribution in [0.1, 0.15) is 22.3 Å². The second kappa shape index (κ2) is 8.63. The van der Waals surface area contributed by atoms with Crippen LogP contribution in [-0.2, 0) is 16.0 Å². The molecular weight excluding hydrogens is 328 g/mol. The van der Waals surface area contributed by atoms with Gasteiger partial charge in [0.15, 0.2) is 0 Å². The lowest BCUT2D eigenvalue weighted by Gasteiger charge is -2.10. The summed E-state index contributed by atoms with van der Waals surface area (Å²) in [6.07, 6.45) is 1.39. The number of hydrogen-bond acceptors (Lipinski definition) is 3. The predicted octanol–water partition coefficient (Wildman–Crippen LogP) is 2.41. The van der Waals surface area contributed by atoms with E-state index in [0.717, 1.165) is 36.3 Å². The standard InChI is InChI=1S/C21H24N2O3/c1-22-20(24)12-15-2-4-17(5-3-15)18-6-8-19(9-7-18)21(25)23-13-16-10-11-26-14-16/h2-9,16H,10-14H2,1H3,(H,22,24)(H,23,25)/t16-/m0/s1. The van der Waals surface area contributed by atoms with Crippen LogP contribution in [0.15, 0.2) is 48.5 Å². The molecule has 1 heterocycles. The average Bonchev–Trinajstić information content (AvgIpc) is 3.20. The van der Waals surface area contributed by atoms with Gasteiger partial charge in [0.05, 0.1) is 13.0 Å². The molecule has 1 fully saturated rings. The Kier molecular flexibility index (Phi) is 6.02. The zero-order chi connectivity index (χ0) is 18.4. The lowest BCUT2D eigenvalue weighted by atomic mass is 10.0. The zero-order valence-electron chi connectivity index (χ0n) is 15.0. The van der Waals surface area contributed by atoms with Crippen LogP contribution in [0.5, 0.6) is 0 Å². The molecule has 2 aromatic rings. The Bertz CT molecular complexity index is 748. The van der Waals surface area contributed by atoms with Crippen molar-refractivity contribution in [3.8, 4) is 11.1 Å². The molecule has 5 heteroatoms. The normalized spacial score (nSPS) is 16.3. The third kappa shape index (κ3) is 4.70. The van der Waals surface area contributed by atoms with Crippen LogP contribution in [-0.4, -0.2) is 38.6 Å². The van der Waals surface area contributed by atoms with Crippen LogP contribution < -0.4 is 10.6 Å². The van der Waals surface area contributed by atoms with E-state index in [1.165, 1.54) is 0 Å². The molecule has 0 spiro atoms. The van der Waals surface area contributed by atoms with Crippen LogP contribution in [0.4, 0.5) is 0 Å². The first-order valence-corrected chi connectivity index (χ1v) is 8.91. The van der Waals surface area contributed by atoms with Crippen molar-refractivity contribution in [1.82, 2.24) is 10.6 Å². The summed E-state index contributed by atoms with van der Waals surface area (Å²) in [5.74, 6) is 0.369. The maximum Gasteiger partial charge on any atom is 0.251 e. The summed E-state index contributed by atoms with van der Waals surface area (Å²) in [6.45, 7) is 2.18. The van der Waals surface area contributed by atoms with Gasteiger partial charge in [0, 0.05) is 31.7 Å². The molecule has 136 valence electrons. The molecule has 0 bridgehead atoms. The number of carbonyl (C=O) groups excluding carboxylic acids is 2. The van der Waals surface area contributed by atoms with Crippen LogP contribution >= 0.6 is 0 Å². The Morgan fingerprint density at radius 2 is 1.69 bits per heavy atom. The molecule has 0 aromatic heterocycles. The number of hydrogen-bond donors (Lipinski definition) is 2. The molecule has 2 N–H and O–H groups in total. The van der Waals surface area contributed by atoms with Gasteiger partial charge >= 0.3 is 0 Å². The van der Waals surface area contributed by atoms with E-state index in [9.17, 15) is 9.59 Å². The Hall–Kier alpha value is -2.66. The minimum absolute atomic E-state index is 0.00252. The number of amides is 2. The van der Waals surface area contributed by atoms with Crippen molar-refractivity contribution < 1.29 is 14.3 Å². The van der Waals surface area contributed by atoms with E-state index < -0.39 is 0 Å². The molecule has 1 aliphatic rings. The van der Waals surface area contributed by atoms with Gasteiger partial charge in [-0.15, -0.1) is 0 Å². The van der Waals surface area contributed by atoms with Crippen LogP contribution in [0.2, 0.25) is 0 Å². The Labute approximate surface area is 153 Å². The molecule has 0 aliphatic carbocycles. The predicted molar refractivity (Wildman–Crippen MR) is 101 cm³/mol. The molecular formula is C21H24N2O3. The first-order valence-electron chi connectivity index (χ1n) is 8.91. The fourth-order valence-corrected chi connectivity index (χ4v) is 2.99. The van der Waals surface area contributed by atoms with Gasteiger partial charge in [0.2, 0.25) is 5.91 Å². The summed E-state index contributed by atoms with van der Waals surface area (Å²) >= 11 is 0. The van der Waals surface area contributed by atoms with Crippen molar-refractivity contribution in [2.24, 2.45) is 5.92 Å². The summed E-state index contributed by atoms with van der Waals surface area (Å²) in [7, 11) is 1.63. The van der Waals surface area contributed by atoms with E-state index in [1.807, 2.05) is 48.5 Å².